The number of hydrogen-bond donors (Lipinski definition) is 3. The molecule has 0 fully saturated rings. The first-order chi connectivity index (χ1) is 16.4. The van der Waals surface area contributed by atoms with Crippen LogP contribution in [0.25, 0.3) is 11.1 Å². The minimum atomic E-state index is -1.04. The van der Waals surface area contributed by atoms with Crippen LogP contribution in [0.1, 0.15) is 50.2 Å². The molecule has 1 atom stereocenters. The standard InChI is InChI=1S/C26H32N2O6/c1-17(2)33-15-7-14-27-25(31)23(12-13-24(29)30)28-26(32)34-16-22-20-10-5-3-8-18(20)19-9-4-6-11-21(19)22/h3-6,8-11,17,22-23H,7,12-16H2,1-2H3,(H,27,31)(H,28,32)(H,29,30). The number of rotatable bonds is 12. The zero-order valence-electron chi connectivity index (χ0n) is 19.6. The van der Waals surface area contributed by atoms with Gasteiger partial charge in [0.2, 0.25) is 5.91 Å². The topological polar surface area (TPSA) is 114 Å². The molecule has 2 amide bonds. The van der Waals surface area contributed by atoms with Crippen LogP contribution in [-0.2, 0) is 19.1 Å². The lowest BCUT2D eigenvalue weighted by Gasteiger charge is -2.19. The molecule has 182 valence electrons. The predicted octanol–water partition coefficient (Wildman–Crippen LogP) is 3.69. The van der Waals surface area contributed by atoms with Crippen LogP contribution in [0, 0.1) is 0 Å². The number of carboxylic acid groups (broad SMARTS) is 1. The second kappa shape index (κ2) is 12.2. The number of aliphatic carboxylic acids is 1. The lowest BCUT2D eigenvalue weighted by molar-refractivity contribution is -0.137. The van der Waals surface area contributed by atoms with E-state index in [-0.39, 0.29) is 31.5 Å². The van der Waals surface area contributed by atoms with Crippen LogP contribution in [0.2, 0.25) is 0 Å². The summed E-state index contributed by atoms with van der Waals surface area (Å²) in [7, 11) is 0. The highest BCUT2D eigenvalue weighted by Crippen LogP contribution is 2.44. The van der Waals surface area contributed by atoms with Crippen LogP contribution >= 0.6 is 0 Å². The highest BCUT2D eigenvalue weighted by molar-refractivity contribution is 5.86. The van der Waals surface area contributed by atoms with Gasteiger partial charge in [0.1, 0.15) is 12.6 Å². The summed E-state index contributed by atoms with van der Waals surface area (Å²) in [6, 6.07) is 15.0. The van der Waals surface area contributed by atoms with Gasteiger partial charge >= 0.3 is 12.1 Å². The van der Waals surface area contributed by atoms with E-state index in [1.807, 2.05) is 62.4 Å². The van der Waals surface area contributed by atoms with Crippen LogP contribution in [0.15, 0.2) is 48.5 Å². The Morgan fingerprint density at radius 1 is 1.00 bits per heavy atom. The van der Waals surface area contributed by atoms with Crippen molar-refractivity contribution in [2.75, 3.05) is 19.8 Å². The molecule has 8 nitrogen and oxygen atoms in total. The fourth-order valence-corrected chi connectivity index (χ4v) is 4.04. The summed E-state index contributed by atoms with van der Waals surface area (Å²) in [5.74, 6) is -1.60. The summed E-state index contributed by atoms with van der Waals surface area (Å²) in [6.45, 7) is 4.83. The van der Waals surface area contributed by atoms with Gasteiger partial charge in [-0.3, -0.25) is 9.59 Å². The molecule has 1 aliphatic rings. The molecule has 0 spiro atoms. The number of carboxylic acids is 1. The van der Waals surface area contributed by atoms with Gasteiger partial charge in [-0.25, -0.2) is 4.79 Å². The molecule has 0 saturated heterocycles. The maximum absolute atomic E-state index is 12.6. The lowest BCUT2D eigenvalue weighted by Crippen LogP contribution is -2.47. The van der Waals surface area contributed by atoms with Crippen molar-refractivity contribution in [3.63, 3.8) is 0 Å². The Bertz CT molecular complexity index is 961. The summed E-state index contributed by atoms with van der Waals surface area (Å²) < 4.78 is 10.9. The van der Waals surface area contributed by atoms with Crippen molar-refractivity contribution in [1.82, 2.24) is 10.6 Å². The number of alkyl carbamates (subject to hydrolysis) is 1. The van der Waals surface area contributed by atoms with E-state index >= 15 is 0 Å². The number of ether oxygens (including phenoxy) is 2. The molecule has 2 aromatic rings. The molecule has 1 unspecified atom stereocenters. The first-order valence-corrected chi connectivity index (χ1v) is 11.6. The minimum Gasteiger partial charge on any atom is -0.481 e. The molecule has 0 aromatic heterocycles. The minimum absolute atomic E-state index is 0.0339. The van der Waals surface area contributed by atoms with Gasteiger partial charge in [0.25, 0.3) is 0 Å². The van der Waals surface area contributed by atoms with Crippen LogP contribution in [0.4, 0.5) is 4.79 Å². The molecule has 0 radical (unpaired) electrons. The molecule has 0 heterocycles. The third kappa shape index (κ3) is 6.81. The smallest absolute Gasteiger partial charge is 0.407 e. The molecule has 2 aromatic carbocycles. The Morgan fingerprint density at radius 3 is 2.21 bits per heavy atom. The molecule has 0 saturated carbocycles. The van der Waals surface area contributed by atoms with Crippen molar-refractivity contribution in [1.29, 1.82) is 0 Å². The number of benzene rings is 2. The maximum Gasteiger partial charge on any atom is 0.407 e. The zero-order chi connectivity index (χ0) is 24.5. The third-order valence-electron chi connectivity index (χ3n) is 5.67. The second-order valence-corrected chi connectivity index (χ2v) is 8.52. The van der Waals surface area contributed by atoms with Crippen LogP contribution < -0.4 is 10.6 Å². The Kier molecular flexibility index (Phi) is 9.04. The van der Waals surface area contributed by atoms with Crippen molar-refractivity contribution in [2.45, 2.75) is 51.2 Å². The molecular formula is C26H32N2O6. The molecule has 0 aliphatic heterocycles. The average Bonchev–Trinajstić information content (AvgIpc) is 3.13. The molecule has 3 rings (SSSR count). The Balaban J connectivity index is 1.57. The zero-order valence-corrected chi connectivity index (χ0v) is 19.6. The highest BCUT2D eigenvalue weighted by atomic mass is 16.5. The van der Waals surface area contributed by atoms with Crippen molar-refractivity contribution >= 4 is 18.0 Å². The Labute approximate surface area is 199 Å². The first kappa shape index (κ1) is 25.2. The molecule has 3 N–H and O–H groups in total. The number of hydrogen-bond acceptors (Lipinski definition) is 5. The number of carbonyl (C=O) groups excluding carboxylic acids is 2. The summed E-state index contributed by atoms with van der Waals surface area (Å²) >= 11 is 0. The number of nitrogens with one attached hydrogen (secondary N) is 2. The maximum atomic E-state index is 12.6. The fraction of sp³-hybridized carbons (Fsp3) is 0.423. The quantitative estimate of drug-likeness (QED) is 0.410. The number of amides is 2. The van der Waals surface area contributed by atoms with E-state index in [4.69, 9.17) is 14.6 Å². The molecule has 34 heavy (non-hydrogen) atoms. The Hall–Kier alpha value is -3.39. The highest BCUT2D eigenvalue weighted by Gasteiger charge is 2.29. The SMILES string of the molecule is CC(C)OCCCNC(=O)C(CCC(=O)O)NC(=O)OCC1c2ccccc2-c2ccccc21. The van der Waals surface area contributed by atoms with Gasteiger partial charge in [-0.1, -0.05) is 48.5 Å². The lowest BCUT2D eigenvalue weighted by atomic mass is 9.98. The van der Waals surface area contributed by atoms with E-state index in [0.29, 0.717) is 19.6 Å². The van der Waals surface area contributed by atoms with Gasteiger partial charge in [-0.2, -0.15) is 0 Å². The first-order valence-electron chi connectivity index (χ1n) is 11.6. The number of carbonyl (C=O) groups is 3. The second-order valence-electron chi connectivity index (χ2n) is 8.52. The molecular weight excluding hydrogens is 436 g/mol. The summed E-state index contributed by atoms with van der Waals surface area (Å²) in [5, 5.41) is 14.3. The van der Waals surface area contributed by atoms with Crippen molar-refractivity contribution in [2.24, 2.45) is 0 Å². The number of fused-ring (bicyclic) bond motifs is 3. The van der Waals surface area contributed by atoms with Crippen molar-refractivity contribution in [3.8, 4) is 11.1 Å². The van der Waals surface area contributed by atoms with Gasteiger partial charge in [0.05, 0.1) is 6.10 Å². The predicted molar refractivity (Wildman–Crippen MR) is 128 cm³/mol. The molecule has 8 heteroatoms. The van der Waals surface area contributed by atoms with Crippen molar-refractivity contribution < 1.29 is 29.0 Å². The van der Waals surface area contributed by atoms with E-state index < -0.39 is 24.0 Å². The van der Waals surface area contributed by atoms with Crippen LogP contribution in [0.5, 0.6) is 0 Å². The van der Waals surface area contributed by atoms with Crippen LogP contribution in [0.3, 0.4) is 0 Å². The van der Waals surface area contributed by atoms with E-state index in [2.05, 4.69) is 10.6 Å². The normalized spacial score (nSPS) is 13.1. The van der Waals surface area contributed by atoms with E-state index in [0.717, 1.165) is 22.3 Å². The largest absolute Gasteiger partial charge is 0.481 e. The van der Waals surface area contributed by atoms with E-state index in [1.54, 1.807) is 0 Å². The van der Waals surface area contributed by atoms with Crippen LogP contribution in [-0.4, -0.2) is 55.0 Å². The summed E-state index contributed by atoms with van der Waals surface area (Å²) in [4.78, 5) is 36.1. The monoisotopic (exact) mass is 468 g/mol. The van der Waals surface area contributed by atoms with Gasteiger partial charge in [-0.15, -0.1) is 0 Å². The average molecular weight is 469 g/mol. The van der Waals surface area contributed by atoms with E-state index in [9.17, 15) is 14.4 Å². The third-order valence-corrected chi connectivity index (χ3v) is 5.67. The van der Waals surface area contributed by atoms with Gasteiger partial charge in [0, 0.05) is 25.5 Å². The molecule has 0 bridgehead atoms. The van der Waals surface area contributed by atoms with Gasteiger partial charge in [-0.05, 0) is 48.9 Å². The molecule has 1 aliphatic carbocycles. The Morgan fingerprint density at radius 2 is 1.62 bits per heavy atom. The summed E-state index contributed by atoms with van der Waals surface area (Å²) in [5.41, 5.74) is 4.40. The van der Waals surface area contributed by atoms with Gasteiger partial charge in [0.15, 0.2) is 0 Å². The van der Waals surface area contributed by atoms with Gasteiger partial charge < -0.3 is 25.2 Å². The summed E-state index contributed by atoms with van der Waals surface area (Å²) in [6.07, 6.45) is -0.322. The van der Waals surface area contributed by atoms with Crippen molar-refractivity contribution in [3.05, 3.63) is 59.7 Å². The van der Waals surface area contributed by atoms with E-state index in [1.165, 1.54) is 0 Å². The fourth-order valence-electron chi connectivity index (χ4n) is 4.04.